The minimum atomic E-state index is -0.130. The molecule has 0 aliphatic carbocycles. The van der Waals surface area contributed by atoms with Crippen LogP contribution in [0, 0.1) is 11.3 Å². The van der Waals surface area contributed by atoms with Crippen molar-refractivity contribution in [3.8, 4) is 0 Å². The quantitative estimate of drug-likeness (QED) is 0.547. The van der Waals surface area contributed by atoms with Gasteiger partial charge in [-0.1, -0.05) is 34.6 Å². The summed E-state index contributed by atoms with van der Waals surface area (Å²) in [5, 5.41) is 0. The van der Waals surface area contributed by atoms with Crippen molar-refractivity contribution in [2.75, 3.05) is 13.6 Å². The first-order chi connectivity index (χ1) is 5.46. The minimum absolute atomic E-state index is 0.130. The van der Waals surface area contributed by atoms with Gasteiger partial charge >= 0.3 is 0 Å². The summed E-state index contributed by atoms with van der Waals surface area (Å²) in [6.45, 7) is 11.1. The number of nitrogens with zero attached hydrogens (tertiary/aromatic N) is 1. The SMILES string of the molecule is CC.CC1CN(C)C(=O)C1(C)C. The molecule has 1 fully saturated rings. The van der Waals surface area contributed by atoms with Crippen LogP contribution in [-0.4, -0.2) is 24.4 Å². The molecule has 1 aliphatic heterocycles. The summed E-state index contributed by atoms with van der Waals surface area (Å²) < 4.78 is 0. The number of carbonyl (C=O) groups excluding carboxylic acids is 1. The molecule has 0 saturated carbocycles. The zero-order valence-electron chi connectivity index (χ0n) is 9.14. The van der Waals surface area contributed by atoms with Gasteiger partial charge in [0.15, 0.2) is 0 Å². The fourth-order valence-corrected chi connectivity index (χ4v) is 1.42. The lowest BCUT2D eigenvalue weighted by Gasteiger charge is -2.19. The normalized spacial score (nSPS) is 26.7. The van der Waals surface area contributed by atoms with E-state index in [-0.39, 0.29) is 11.3 Å². The first-order valence-corrected chi connectivity index (χ1v) is 4.72. The molecule has 1 saturated heterocycles. The molecular formula is C10H21NO. The summed E-state index contributed by atoms with van der Waals surface area (Å²) in [4.78, 5) is 13.2. The van der Waals surface area contributed by atoms with Gasteiger partial charge in [0, 0.05) is 19.0 Å². The van der Waals surface area contributed by atoms with Crippen LogP contribution in [0.25, 0.3) is 0 Å². The molecule has 0 radical (unpaired) electrons. The molecule has 1 rings (SSSR count). The Labute approximate surface area is 75.9 Å². The van der Waals surface area contributed by atoms with Crippen LogP contribution in [0.5, 0.6) is 0 Å². The number of rotatable bonds is 0. The molecule has 1 unspecified atom stereocenters. The molecule has 12 heavy (non-hydrogen) atoms. The highest BCUT2D eigenvalue weighted by molar-refractivity contribution is 5.84. The largest absolute Gasteiger partial charge is 0.345 e. The Bertz CT molecular complexity index is 163. The van der Waals surface area contributed by atoms with E-state index in [1.807, 2.05) is 39.6 Å². The Morgan fingerprint density at radius 1 is 1.42 bits per heavy atom. The summed E-state index contributed by atoms with van der Waals surface area (Å²) in [7, 11) is 1.87. The molecule has 2 nitrogen and oxygen atoms in total. The summed E-state index contributed by atoms with van der Waals surface area (Å²) in [6.07, 6.45) is 0. The van der Waals surface area contributed by atoms with Crippen molar-refractivity contribution in [1.82, 2.24) is 4.90 Å². The zero-order chi connectivity index (χ0) is 9.94. The maximum Gasteiger partial charge on any atom is 0.228 e. The standard InChI is InChI=1S/C8H15NO.C2H6/c1-6-5-9(4)7(10)8(6,2)3;1-2/h6H,5H2,1-4H3;1-2H3. The molecule has 72 valence electrons. The Kier molecular flexibility index (Phi) is 3.75. The Balaban J connectivity index is 0.000000561. The number of hydrogen-bond donors (Lipinski definition) is 0. The van der Waals surface area contributed by atoms with Gasteiger partial charge in [-0.25, -0.2) is 0 Å². The van der Waals surface area contributed by atoms with Gasteiger partial charge in [-0.15, -0.1) is 0 Å². The molecule has 0 N–H and O–H groups in total. The molecule has 0 bridgehead atoms. The van der Waals surface area contributed by atoms with Gasteiger partial charge in [-0.3, -0.25) is 4.79 Å². The van der Waals surface area contributed by atoms with Gasteiger partial charge in [0.05, 0.1) is 0 Å². The maximum absolute atomic E-state index is 11.4. The third kappa shape index (κ3) is 1.79. The molecular weight excluding hydrogens is 150 g/mol. The average Bonchev–Trinajstić information content (AvgIpc) is 2.20. The summed E-state index contributed by atoms with van der Waals surface area (Å²) in [5.41, 5.74) is -0.130. The monoisotopic (exact) mass is 171 g/mol. The maximum atomic E-state index is 11.4. The van der Waals surface area contributed by atoms with Crippen LogP contribution < -0.4 is 0 Å². The number of hydrogen-bond acceptors (Lipinski definition) is 1. The lowest BCUT2D eigenvalue weighted by molar-refractivity contribution is -0.134. The average molecular weight is 171 g/mol. The van der Waals surface area contributed by atoms with Crippen LogP contribution >= 0.6 is 0 Å². The van der Waals surface area contributed by atoms with Crippen molar-refractivity contribution in [1.29, 1.82) is 0 Å². The Hall–Kier alpha value is -0.530. The lowest BCUT2D eigenvalue weighted by Crippen LogP contribution is -2.28. The van der Waals surface area contributed by atoms with Gasteiger partial charge in [-0.05, 0) is 5.92 Å². The molecule has 0 aromatic carbocycles. The van der Waals surface area contributed by atoms with Crippen LogP contribution in [0.3, 0.4) is 0 Å². The van der Waals surface area contributed by atoms with Crippen molar-refractivity contribution in [2.24, 2.45) is 11.3 Å². The number of carbonyl (C=O) groups is 1. The van der Waals surface area contributed by atoms with E-state index in [0.29, 0.717) is 5.92 Å². The molecule has 0 spiro atoms. The Morgan fingerprint density at radius 2 is 1.83 bits per heavy atom. The van der Waals surface area contributed by atoms with Crippen molar-refractivity contribution >= 4 is 5.91 Å². The van der Waals surface area contributed by atoms with E-state index in [1.165, 1.54) is 0 Å². The van der Waals surface area contributed by atoms with Crippen molar-refractivity contribution in [2.45, 2.75) is 34.6 Å². The van der Waals surface area contributed by atoms with E-state index < -0.39 is 0 Å². The van der Waals surface area contributed by atoms with Crippen LogP contribution in [-0.2, 0) is 4.79 Å². The van der Waals surface area contributed by atoms with Crippen LogP contribution in [0.2, 0.25) is 0 Å². The molecule has 0 aromatic rings. The van der Waals surface area contributed by atoms with Crippen molar-refractivity contribution in [3.05, 3.63) is 0 Å². The fourth-order valence-electron chi connectivity index (χ4n) is 1.42. The van der Waals surface area contributed by atoms with E-state index in [2.05, 4.69) is 6.92 Å². The van der Waals surface area contributed by atoms with Gasteiger partial charge in [-0.2, -0.15) is 0 Å². The van der Waals surface area contributed by atoms with Gasteiger partial charge < -0.3 is 4.90 Å². The summed E-state index contributed by atoms with van der Waals surface area (Å²) in [6, 6.07) is 0. The highest BCUT2D eigenvalue weighted by Gasteiger charge is 2.42. The van der Waals surface area contributed by atoms with Crippen molar-refractivity contribution in [3.63, 3.8) is 0 Å². The summed E-state index contributed by atoms with van der Waals surface area (Å²) >= 11 is 0. The van der Waals surface area contributed by atoms with Gasteiger partial charge in [0.25, 0.3) is 0 Å². The number of likely N-dealkylation sites (tertiary alicyclic amines) is 1. The highest BCUT2D eigenvalue weighted by Crippen LogP contribution is 2.34. The third-order valence-corrected chi connectivity index (χ3v) is 2.68. The number of amides is 1. The second-order valence-electron chi connectivity index (χ2n) is 3.81. The lowest BCUT2D eigenvalue weighted by atomic mass is 9.83. The highest BCUT2D eigenvalue weighted by atomic mass is 16.2. The molecule has 1 amide bonds. The first-order valence-electron chi connectivity index (χ1n) is 4.72. The van der Waals surface area contributed by atoms with Gasteiger partial charge in [0.1, 0.15) is 0 Å². The van der Waals surface area contributed by atoms with E-state index in [0.717, 1.165) is 6.54 Å². The third-order valence-electron chi connectivity index (χ3n) is 2.68. The fraction of sp³-hybridized carbons (Fsp3) is 0.900. The summed E-state index contributed by atoms with van der Waals surface area (Å²) in [5.74, 6) is 0.769. The predicted octanol–water partition coefficient (Wildman–Crippen LogP) is 2.15. The predicted molar refractivity (Wildman–Crippen MR) is 51.9 cm³/mol. The first kappa shape index (κ1) is 11.5. The smallest absolute Gasteiger partial charge is 0.228 e. The topological polar surface area (TPSA) is 20.3 Å². The molecule has 1 aliphatic rings. The molecule has 2 heteroatoms. The molecule has 1 heterocycles. The van der Waals surface area contributed by atoms with E-state index in [1.54, 1.807) is 0 Å². The second kappa shape index (κ2) is 3.92. The van der Waals surface area contributed by atoms with Crippen LogP contribution in [0.4, 0.5) is 0 Å². The Morgan fingerprint density at radius 3 is 1.92 bits per heavy atom. The van der Waals surface area contributed by atoms with E-state index in [4.69, 9.17) is 0 Å². The second-order valence-corrected chi connectivity index (χ2v) is 3.81. The molecule has 1 atom stereocenters. The van der Waals surface area contributed by atoms with Crippen LogP contribution in [0.1, 0.15) is 34.6 Å². The minimum Gasteiger partial charge on any atom is -0.345 e. The van der Waals surface area contributed by atoms with E-state index in [9.17, 15) is 4.79 Å². The van der Waals surface area contributed by atoms with E-state index >= 15 is 0 Å². The molecule has 0 aromatic heterocycles. The van der Waals surface area contributed by atoms with Gasteiger partial charge in [0.2, 0.25) is 5.91 Å². The van der Waals surface area contributed by atoms with Crippen LogP contribution in [0.15, 0.2) is 0 Å². The van der Waals surface area contributed by atoms with Crippen molar-refractivity contribution < 1.29 is 4.79 Å². The zero-order valence-corrected chi connectivity index (χ0v) is 9.14.